The molecule has 18 heavy (non-hydrogen) atoms. The first-order chi connectivity index (χ1) is 8.24. The van der Waals surface area contributed by atoms with Gasteiger partial charge < -0.3 is 9.84 Å². The van der Waals surface area contributed by atoms with E-state index in [1.54, 1.807) is 0 Å². The third-order valence-corrected chi connectivity index (χ3v) is 2.17. The Morgan fingerprint density at radius 3 is 2.39 bits per heavy atom. The van der Waals surface area contributed by atoms with Crippen molar-refractivity contribution in [2.45, 2.75) is 25.4 Å². The summed E-state index contributed by atoms with van der Waals surface area (Å²) in [6.07, 6.45) is -4.92. The second kappa shape index (κ2) is 5.51. The van der Waals surface area contributed by atoms with Crippen LogP contribution < -0.4 is 4.74 Å². The monoisotopic (exact) mass is 270 g/mol. The van der Waals surface area contributed by atoms with E-state index in [-0.39, 0.29) is 11.3 Å². The molecule has 1 N–H and O–H groups in total. The lowest BCUT2D eigenvalue weighted by molar-refractivity contribution is -0.148. The van der Waals surface area contributed by atoms with Crippen molar-refractivity contribution in [3.05, 3.63) is 29.6 Å². The average molecular weight is 270 g/mol. The van der Waals surface area contributed by atoms with Gasteiger partial charge in [0.25, 0.3) is 0 Å². The predicted molar refractivity (Wildman–Crippen MR) is 53.5 cm³/mol. The molecular formula is C11H11F5O2. The summed E-state index contributed by atoms with van der Waals surface area (Å²) >= 11 is 0. The Kier molecular flexibility index (Phi) is 4.50. The number of hydrogen-bond donors (Lipinski definition) is 1. The van der Waals surface area contributed by atoms with Crippen molar-refractivity contribution < 1.29 is 31.8 Å². The van der Waals surface area contributed by atoms with Gasteiger partial charge in [0.05, 0.1) is 6.10 Å². The maximum absolute atomic E-state index is 13.3. The fourth-order valence-corrected chi connectivity index (χ4v) is 1.18. The minimum absolute atomic E-state index is 0.0389. The van der Waals surface area contributed by atoms with Gasteiger partial charge in [0.2, 0.25) is 0 Å². The lowest BCUT2D eigenvalue weighted by atomic mass is 10.1. The highest BCUT2D eigenvalue weighted by atomic mass is 19.3. The number of aliphatic hydroxyl groups is 1. The number of halogens is 5. The van der Waals surface area contributed by atoms with Crippen molar-refractivity contribution >= 4 is 0 Å². The zero-order valence-electron chi connectivity index (χ0n) is 9.34. The summed E-state index contributed by atoms with van der Waals surface area (Å²) in [5, 5.41) is 9.13. The second-order valence-corrected chi connectivity index (χ2v) is 3.71. The molecular weight excluding hydrogens is 259 g/mol. The predicted octanol–water partition coefficient (Wildman–Crippen LogP) is 3.16. The summed E-state index contributed by atoms with van der Waals surface area (Å²) in [5.41, 5.74) is -0.0389. The molecule has 1 aromatic rings. The summed E-state index contributed by atoms with van der Waals surface area (Å²) in [7, 11) is 0. The van der Waals surface area contributed by atoms with Gasteiger partial charge in [-0.3, -0.25) is 0 Å². The molecule has 0 heterocycles. The SMILES string of the molecule is CC(O)c1ccc(OCC(F)(F)C(F)F)cc1F. The smallest absolute Gasteiger partial charge is 0.340 e. The van der Waals surface area contributed by atoms with E-state index in [9.17, 15) is 22.0 Å². The fraction of sp³-hybridized carbons (Fsp3) is 0.455. The number of ether oxygens (including phenoxy) is 1. The van der Waals surface area contributed by atoms with Crippen LogP contribution in [0.2, 0.25) is 0 Å². The van der Waals surface area contributed by atoms with Crippen LogP contribution in [0.3, 0.4) is 0 Å². The molecule has 0 bridgehead atoms. The molecule has 1 atom stereocenters. The zero-order chi connectivity index (χ0) is 13.9. The lowest BCUT2D eigenvalue weighted by Crippen LogP contribution is -2.33. The molecule has 1 aromatic carbocycles. The Bertz CT molecular complexity index is 406. The van der Waals surface area contributed by atoms with Crippen LogP contribution in [0.25, 0.3) is 0 Å². The van der Waals surface area contributed by atoms with Crippen molar-refractivity contribution in [3.63, 3.8) is 0 Å². The fourth-order valence-electron chi connectivity index (χ4n) is 1.18. The minimum Gasteiger partial charge on any atom is -0.487 e. The summed E-state index contributed by atoms with van der Waals surface area (Å²) in [4.78, 5) is 0. The van der Waals surface area contributed by atoms with E-state index < -0.39 is 30.9 Å². The highest BCUT2D eigenvalue weighted by Crippen LogP contribution is 2.26. The van der Waals surface area contributed by atoms with Gasteiger partial charge in [-0.15, -0.1) is 0 Å². The lowest BCUT2D eigenvalue weighted by Gasteiger charge is -2.16. The highest BCUT2D eigenvalue weighted by molar-refractivity contribution is 5.30. The number of rotatable bonds is 5. The zero-order valence-corrected chi connectivity index (χ0v) is 9.34. The Morgan fingerprint density at radius 2 is 1.94 bits per heavy atom. The van der Waals surface area contributed by atoms with E-state index in [4.69, 9.17) is 5.11 Å². The first kappa shape index (κ1) is 14.7. The molecule has 7 heteroatoms. The Morgan fingerprint density at radius 1 is 1.33 bits per heavy atom. The number of aliphatic hydroxyl groups excluding tert-OH is 1. The highest BCUT2D eigenvalue weighted by Gasteiger charge is 2.41. The van der Waals surface area contributed by atoms with Crippen molar-refractivity contribution in [3.8, 4) is 5.75 Å². The maximum atomic E-state index is 13.3. The standard InChI is InChI=1S/C11H11F5O2/c1-6(17)8-3-2-7(4-9(8)12)18-5-11(15,16)10(13)14/h2-4,6,10,17H,5H2,1H3. The molecule has 0 saturated carbocycles. The van der Waals surface area contributed by atoms with E-state index in [0.29, 0.717) is 0 Å². The molecule has 0 aliphatic heterocycles. The van der Waals surface area contributed by atoms with Crippen LogP contribution in [0.4, 0.5) is 22.0 Å². The van der Waals surface area contributed by atoms with Gasteiger partial charge in [0, 0.05) is 11.6 Å². The number of benzene rings is 1. The first-order valence-corrected chi connectivity index (χ1v) is 5.00. The van der Waals surface area contributed by atoms with Crippen LogP contribution >= 0.6 is 0 Å². The van der Waals surface area contributed by atoms with Crippen LogP contribution in [0.15, 0.2) is 18.2 Å². The summed E-state index contributed by atoms with van der Waals surface area (Å²) in [5.74, 6) is -5.46. The first-order valence-electron chi connectivity index (χ1n) is 5.00. The van der Waals surface area contributed by atoms with Crippen LogP contribution in [-0.2, 0) is 0 Å². The summed E-state index contributed by atoms with van der Waals surface area (Å²) in [6, 6.07) is 3.01. The molecule has 0 aliphatic carbocycles. The van der Waals surface area contributed by atoms with Crippen LogP contribution in [-0.4, -0.2) is 24.1 Å². The molecule has 102 valence electrons. The minimum atomic E-state index is -4.29. The van der Waals surface area contributed by atoms with Crippen molar-refractivity contribution in [2.24, 2.45) is 0 Å². The molecule has 0 aliphatic rings. The molecule has 1 unspecified atom stereocenters. The van der Waals surface area contributed by atoms with Crippen molar-refractivity contribution in [2.75, 3.05) is 6.61 Å². The average Bonchev–Trinajstić information content (AvgIpc) is 2.25. The summed E-state index contributed by atoms with van der Waals surface area (Å²) < 4.78 is 66.4. The topological polar surface area (TPSA) is 29.5 Å². The molecule has 0 saturated heterocycles. The molecule has 2 nitrogen and oxygen atoms in total. The van der Waals surface area contributed by atoms with Crippen LogP contribution in [0, 0.1) is 5.82 Å². The third-order valence-electron chi connectivity index (χ3n) is 2.17. The molecule has 1 rings (SSSR count). The second-order valence-electron chi connectivity index (χ2n) is 3.71. The number of alkyl halides is 4. The molecule has 0 aromatic heterocycles. The maximum Gasteiger partial charge on any atom is 0.340 e. The van der Waals surface area contributed by atoms with Crippen LogP contribution in [0.5, 0.6) is 5.75 Å². The van der Waals surface area contributed by atoms with Gasteiger partial charge in [-0.2, -0.15) is 8.78 Å². The van der Waals surface area contributed by atoms with Crippen LogP contribution in [0.1, 0.15) is 18.6 Å². The molecule has 0 spiro atoms. The van der Waals surface area contributed by atoms with Gasteiger partial charge in [-0.25, -0.2) is 13.2 Å². The Labute approximate surface area is 100.0 Å². The van der Waals surface area contributed by atoms with E-state index in [0.717, 1.165) is 18.2 Å². The van der Waals surface area contributed by atoms with Gasteiger partial charge in [0.15, 0.2) is 6.61 Å². The van der Waals surface area contributed by atoms with E-state index in [2.05, 4.69) is 4.74 Å². The van der Waals surface area contributed by atoms with Gasteiger partial charge in [0.1, 0.15) is 11.6 Å². The van der Waals surface area contributed by atoms with Gasteiger partial charge >= 0.3 is 12.3 Å². The Hall–Kier alpha value is -1.37. The molecule has 0 amide bonds. The molecule has 0 radical (unpaired) electrons. The normalized spacial score (nSPS) is 13.8. The van der Waals surface area contributed by atoms with E-state index >= 15 is 0 Å². The van der Waals surface area contributed by atoms with Crippen molar-refractivity contribution in [1.29, 1.82) is 0 Å². The largest absolute Gasteiger partial charge is 0.487 e. The number of hydrogen-bond acceptors (Lipinski definition) is 2. The van der Waals surface area contributed by atoms with E-state index in [1.165, 1.54) is 6.92 Å². The quantitative estimate of drug-likeness (QED) is 0.833. The van der Waals surface area contributed by atoms with Gasteiger partial charge in [-0.05, 0) is 19.1 Å². The van der Waals surface area contributed by atoms with E-state index in [1.807, 2.05) is 0 Å². The van der Waals surface area contributed by atoms with Crippen molar-refractivity contribution in [1.82, 2.24) is 0 Å². The Balaban J connectivity index is 2.73. The van der Waals surface area contributed by atoms with Gasteiger partial charge in [-0.1, -0.05) is 0 Å². The summed E-state index contributed by atoms with van der Waals surface area (Å²) in [6.45, 7) is -0.220. The third kappa shape index (κ3) is 3.56. The molecule has 0 fully saturated rings.